The molecule has 0 fully saturated rings. The van der Waals surface area contributed by atoms with Crippen molar-refractivity contribution in [1.82, 2.24) is 15.1 Å². The molecule has 0 atom stereocenters. The summed E-state index contributed by atoms with van der Waals surface area (Å²) < 4.78 is 6.79. The fraction of sp³-hybridized carbons (Fsp3) is 0.190. The molecule has 28 heavy (non-hydrogen) atoms. The first-order chi connectivity index (χ1) is 13.5. The van der Waals surface area contributed by atoms with Crippen molar-refractivity contribution in [3.63, 3.8) is 0 Å². The van der Waals surface area contributed by atoms with Crippen LogP contribution >= 0.6 is 11.6 Å². The summed E-state index contributed by atoms with van der Waals surface area (Å²) >= 11 is 5.96. The van der Waals surface area contributed by atoms with Crippen LogP contribution in [0.1, 0.15) is 5.56 Å². The number of halogens is 1. The van der Waals surface area contributed by atoms with E-state index in [1.54, 1.807) is 24.3 Å². The molecule has 0 aliphatic heterocycles. The minimum absolute atomic E-state index is 0.118. The van der Waals surface area contributed by atoms with Crippen LogP contribution < -0.4 is 15.6 Å². The van der Waals surface area contributed by atoms with Gasteiger partial charge in [0.1, 0.15) is 5.75 Å². The maximum absolute atomic E-state index is 12.0. The van der Waals surface area contributed by atoms with Gasteiger partial charge in [-0.15, -0.1) is 0 Å². The molecule has 144 valence electrons. The minimum Gasteiger partial charge on any atom is -0.484 e. The molecule has 0 aliphatic carbocycles. The Bertz CT molecular complexity index is 1020. The molecule has 6 nitrogen and oxygen atoms in total. The summed E-state index contributed by atoms with van der Waals surface area (Å²) in [4.78, 5) is 24.0. The zero-order chi connectivity index (χ0) is 19.9. The average Bonchev–Trinajstić information content (AvgIpc) is 2.71. The third-order valence-electron chi connectivity index (χ3n) is 4.08. The summed E-state index contributed by atoms with van der Waals surface area (Å²) in [5.74, 6) is 0.297. The van der Waals surface area contributed by atoms with Crippen molar-refractivity contribution in [1.29, 1.82) is 0 Å². The van der Waals surface area contributed by atoms with Gasteiger partial charge in [-0.2, -0.15) is 5.10 Å². The monoisotopic (exact) mass is 397 g/mol. The predicted molar refractivity (Wildman–Crippen MR) is 109 cm³/mol. The van der Waals surface area contributed by atoms with Crippen molar-refractivity contribution in [3.8, 4) is 17.0 Å². The van der Waals surface area contributed by atoms with Gasteiger partial charge in [-0.1, -0.05) is 41.9 Å². The Kier molecular flexibility index (Phi) is 6.45. The van der Waals surface area contributed by atoms with Gasteiger partial charge in [0.25, 0.3) is 11.5 Å². The first kappa shape index (κ1) is 19.6. The lowest BCUT2D eigenvalue weighted by atomic mass is 10.1. The van der Waals surface area contributed by atoms with Crippen LogP contribution in [0.5, 0.6) is 5.75 Å². The van der Waals surface area contributed by atoms with Gasteiger partial charge in [-0.05, 0) is 36.8 Å². The molecule has 0 saturated carbocycles. The number of rotatable bonds is 7. The van der Waals surface area contributed by atoms with E-state index >= 15 is 0 Å². The molecule has 2 aromatic carbocycles. The van der Waals surface area contributed by atoms with Crippen molar-refractivity contribution in [3.05, 3.63) is 81.6 Å². The molecule has 1 aromatic heterocycles. The highest BCUT2D eigenvalue weighted by Crippen LogP contribution is 2.20. The van der Waals surface area contributed by atoms with Gasteiger partial charge in [-0.25, -0.2) is 4.68 Å². The number of aryl methyl sites for hydroxylation is 1. The lowest BCUT2D eigenvalue weighted by Gasteiger charge is -2.10. The van der Waals surface area contributed by atoms with E-state index in [1.807, 2.05) is 37.3 Å². The molecule has 0 unspecified atom stereocenters. The quantitative estimate of drug-likeness (QED) is 0.665. The highest BCUT2D eigenvalue weighted by atomic mass is 35.5. The van der Waals surface area contributed by atoms with E-state index in [1.165, 1.54) is 10.7 Å². The highest BCUT2D eigenvalue weighted by Gasteiger charge is 2.06. The SMILES string of the molecule is Cc1cc(OCC(=O)NCCn2nc(-c3ccccc3)ccc2=O)ccc1Cl. The van der Waals surface area contributed by atoms with Crippen LogP contribution in [-0.4, -0.2) is 28.8 Å². The highest BCUT2D eigenvalue weighted by molar-refractivity contribution is 6.31. The molecule has 0 bridgehead atoms. The topological polar surface area (TPSA) is 73.2 Å². The van der Waals surface area contributed by atoms with Gasteiger partial charge >= 0.3 is 0 Å². The van der Waals surface area contributed by atoms with Crippen LogP contribution in [0.3, 0.4) is 0 Å². The molecule has 3 aromatic rings. The van der Waals surface area contributed by atoms with E-state index in [4.69, 9.17) is 16.3 Å². The third kappa shape index (κ3) is 5.20. The molecule has 1 heterocycles. The summed E-state index contributed by atoms with van der Waals surface area (Å²) in [5, 5.41) is 7.73. The Labute approximate surface area is 167 Å². The number of aromatic nitrogens is 2. The smallest absolute Gasteiger partial charge is 0.266 e. The lowest BCUT2D eigenvalue weighted by molar-refractivity contribution is -0.123. The van der Waals surface area contributed by atoms with Crippen LogP contribution in [-0.2, 0) is 11.3 Å². The van der Waals surface area contributed by atoms with Crippen molar-refractivity contribution >= 4 is 17.5 Å². The maximum atomic E-state index is 12.0. The predicted octanol–water partition coefficient (Wildman–Crippen LogP) is 3.07. The summed E-state index contributed by atoms with van der Waals surface area (Å²) in [6.45, 7) is 2.29. The fourth-order valence-corrected chi connectivity index (χ4v) is 2.70. The number of benzene rings is 2. The van der Waals surface area contributed by atoms with Crippen molar-refractivity contribution < 1.29 is 9.53 Å². The van der Waals surface area contributed by atoms with Gasteiger partial charge in [0.2, 0.25) is 0 Å². The Hall–Kier alpha value is -3.12. The number of nitrogens with one attached hydrogen (secondary N) is 1. The summed E-state index contributed by atoms with van der Waals surface area (Å²) in [5.41, 5.74) is 2.28. The largest absolute Gasteiger partial charge is 0.484 e. The van der Waals surface area contributed by atoms with E-state index in [0.29, 0.717) is 16.5 Å². The third-order valence-corrected chi connectivity index (χ3v) is 4.51. The van der Waals surface area contributed by atoms with E-state index in [0.717, 1.165) is 11.1 Å². The Morgan fingerprint density at radius 2 is 1.93 bits per heavy atom. The number of hydrogen-bond donors (Lipinski definition) is 1. The molecule has 1 N–H and O–H groups in total. The van der Waals surface area contributed by atoms with Crippen LogP contribution in [0.4, 0.5) is 0 Å². The summed E-state index contributed by atoms with van der Waals surface area (Å²) in [6.07, 6.45) is 0. The maximum Gasteiger partial charge on any atom is 0.266 e. The Morgan fingerprint density at radius 3 is 2.68 bits per heavy atom. The molecule has 7 heteroatoms. The van der Waals surface area contributed by atoms with Gasteiger partial charge in [-0.3, -0.25) is 9.59 Å². The van der Waals surface area contributed by atoms with Crippen LogP contribution in [0.25, 0.3) is 11.3 Å². The Morgan fingerprint density at radius 1 is 1.14 bits per heavy atom. The van der Waals surface area contributed by atoms with Crippen LogP contribution in [0.15, 0.2) is 65.5 Å². The summed E-state index contributed by atoms with van der Waals surface area (Å²) in [7, 11) is 0. The number of hydrogen-bond acceptors (Lipinski definition) is 4. The van der Waals surface area contributed by atoms with Gasteiger partial charge in [0.15, 0.2) is 6.61 Å². The van der Waals surface area contributed by atoms with Crippen molar-refractivity contribution in [2.24, 2.45) is 0 Å². The zero-order valence-corrected chi connectivity index (χ0v) is 16.1. The van der Waals surface area contributed by atoms with E-state index < -0.39 is 0 Å². The van der Waals surface area contributed by atoms with Crippen LogP contribution in [0.2, 0.25) is 5.02 Å². The molecule has 0 spiro atoms. The number of nitrogens with zero attached hydrogens (tertiary/aromatic N) is 2. The molecule has 0 aliphatic rings. The lowest BCUT2D eigenvalue weighted by Crippen LogP contribution is -2.34. The van der Waals surface area contributed by atoms with Crippen molar-refractivity contribution in [2.75, 3.05) is 13.2 Å². The number of carbonyl (C=O) groups is 1. The standard InChI is InChI=1S/C21H20ClN3O3/c1-15-13-17(7-8-18(15)22)28-14-20(26)23-11-12-25-21(27)10-9-19(24-25)16-5-3-2-4-6-16/h2-10,13H,11-12,14H2,1H3,(H,23,26). The molecule has 0 radical (unpaired) electrons. The molecular formula is C21H20ClN3O3. The second kappa shape index (κ2) is 9.19. The van der Waals surface area contributed by atoms with E-state index in [9.17, 15) is 9.59 Å². The summed E-state index contributed by atoms with van der Waals surface area (Å²) in [6, 6.07) is 18.0. The van der Waals surface area contributed by atoms with Gasteiger partial charge in [0.05, 0.1) is 12.2 Å². The molecule has 3 rings (SSSR count). The number of carbonyl (C=O) groups excluding carboxylic acids is 1. The molecular weight excluding hydrogens is 378 g/mol. The Balaban J connectivity index is 1.52. The average molecular weight is 398 g/mol. The van der Waals surface area contributed by atoms with E-state index in [-0.39, 0.29) is 31.2 Å². The molecule has 0 saturated heterocycles. The van der Waals surface area contributed by atoms with E-state index in [2.05, 4.69) is 10.4 Å². The second-order valence-electron chi connectivity index (χ2n) is 6.20. The van der Waals surface area contributed by atoms with Gasteiger partial charge in [0, 0.05) is 23.2 Å². The van der Waals surface area contributed by atoms with Crippen molar-refractivity contribution in [2.45, 2.75) is 13.5 Å². The van der Waals surface area contributed by atoms with Crippen LogP contribution in [0, 0.1) is 6.92 Å². The number of amides is 1. The zero-order valence-electron chi connectivity index (χ0n) is 15.4. The number of ether oxygens (including phenoxy) is 1. The first-order valence-electron chi connectivity index (χ1n) is 8.82. The normalized spacial score (nSPS) is 10.5. The van der Waals surface area contributed by atoms with Gasteiger partial charge < -0.3 is 10.1 Å². The minimum atomic E-state index is -0.278. The fourth-order valence-electron chi connectivity index (χ4n) is 2.58. The second-order valence-corrected chi connectivity index (χ2v) is 6.60. The molecule has 1 amide bonds. The first-order valence-corrected chi connectivity index (χ1v) is 9.20.